The SMILES string of the molecule is COC(=O)CN(CCS(=O)(=O)c1ccc(Br)cc1)C(C)C. The number of hydrogen-bond acceptors (Lipinski definition) is 5. The maximum Gasteiger partial charge on any atom is 0.319 e. The van der Waals surface area contributed by atoms with Crippen LogP contribution in [0.2, 0.25) is 0 Å². The van der Waals surface area contributed by atoms with Gasteiger partial charge >= 0.3 is 5.97 Å². The van der Waals surface area contributed by atoms with Gasteiger partial charge in [0.1, 0.15) is 0 Å². The van der Waals surface area contributed by atoms with Crippen LogP contribution in [0.5, 0.6) is 0 Å². The van der Waals surface area contributed by atoms with E-state index in [2.05, 4.69) is 20.7 Å². The summed E-state index contributed by atoms with van der Waals surface area (Å²) in [5, 5.41) is 0. The molecule has 0 spiro atoms. The number of rotatable bonds is 7. The van der Waals surface area contributed by atoms with Crippen LogP contribution in [0.3, 0.4) is 0 Å². The van der Waals surface area contributed by atoms with Crippen LogP contribution in [0.15, 0.2) is 33.6 Å². The number of methoxy groups -OCH3 is 1. The van der Waals surface area contributed by atoms with Gasteiger partial charge in [0.25, 0.3) is 0 Å². The molecule has 0 aliphatic rings. The Labute approximate surface area is 134 Å². The summed E-state index contributed by atoms with van der Waals surface area (Å²) >= 11 is 3.27. The van der Waals surface area contributed by atoms with Gasteiger partial charge in [-0.3, -0.25) is 9.69 Å². The van der Waals surface area contributed by atoms with Crippen molar-refractivity contribution in [1.29, 1.82) is 0 Å². The zero-order chi connectivity index (χ0) is 16.0. The van der Waals surface area contributed by atoms with Crippen molar-refractivity contribution in [1.82, 2.24) is 4.90 Å². The lowest BCUT2D eigenvalue weighted by molar-refractivity contribution is -0.142. The van der Waals surface area contributed by atoms with E-state index < -0.39 is 9.84 Å². The molecule has 0 aliphatic carbocycles. The molecule has 0 heterocycles. The van der Waals surface area contributed by atoms with E-state index in [0.717, 1.165) is 4.47 Å². The highest BCUT2D eigenvalue weighted by atomic mass is 79.9. The Kier molecular flexibility index (Phi) is 6.83. The lowest BCUT2D eigenvalue weighted by atomic mass is 10.3. The normalized spacial score (nSPS) is 11.9. The van der Waals surface area contributed by atoms with Gasteiger partial charge in [0, 0.05) is 17.1 Å². The number of carbonyl (C=O) groups is 1. The topological polar surface area (TPSA) is 63.7 Å². The summed E-state index contributed by atoms with van der Waals surface area (Å²) in [5.41, 5.74) is 0. The molecule has 0 N–H and O–H groups in total. The molecule has 0 aromatic heterocycles. The summed E-state index contributed by atoms with van der Waals surface area (Å²) < 4.78 is 30.0. The Balaban J connectivity index is 2.74. The summed E-state index contributed by atoms with van der Waals surface area (Å²) in [6, 6.07) is 6.59. The molecule has 0 unspecified atom stereocenters. The second-order valence-electron chi connectivity index (χ2n) is 4.91. The lowest BCUT2D eigenvalue weighted by Crippen LogP contribution is -2.39. The quantitative estimate of drug-likeness (QED) is 0.680. The summed E-state index contributed by atoms with van der Waals surface area (Å²) in [4.78, 5) is 13.4. The van der Waals surface area contributed by atoms with Crippen LogP contribution in [0.25, 0.3) is 0 Å². The first-order valence-electron chi connectivity index (χ1n) is 6.55. The molecular weight excluding hydrogens is 358 g/mol. The van der Waals surface area contributed by atoms with Gasteiger partial charge in [-0.1, -0.05) is 15.9 Å². The number of benzene rings is 1. The van der Waals surface area contributed by atoms with Gasteiger partial charge < -0.3 is 4.74 Å². The minimum absolute atomic E-state index is 0.0379. The van der Waals surface area contributed by atoms with Crippen LogP contribution in [0.4, 0.5) is 0 Å². The highest BCUT2D eigenvalue weighted by Crippen LogP contribution is 2.16. The lowest BCUT2D eigenvalue weighted by Gasteiger charge is -2.24. The van der Waals surface area contributed by atoms with Gasteiger partial charge in [-0.2, -0.15) is 0 Å². The van der Waals surface area contributed by atoms with Crippen LogP contribution in [0.1, 0.15) is 13.8 Å². The first-order valence-corrected chi connectivity index (χ1v) is 9.00. The van der Waals surface area contributed by atoms with E-state index in [-0.39, 0.29) is 35.7 Å². The molecule has 1 aromatic carbocycles. The van der Waals surface area contributed by atoms with Crippen LogP contribution < -0.4 is 0 Å². The Hall–Kier alpha value is -0.920. The Bertz CT molecular complexity index is 569. The fourth-order valence-electron chi connectivity index (χ4n) is 1.75. The molecule has 1 aromatic rings. The third-order valence-electron chi connectivity index (χ3n) is 3.11. The van der Waals surface area contributed by atoms with Crippen LogP contribution in [0, 0.1) is 0 Å². The van der Waals surface area contributed by atoms with Crippen molar-refractivity contribution in [3.8, 4) is 0 Å². The molecule has 21 heavy (non-hydrogen) atoms. The number of halogens is 1. The molecule has 7 heteroatoms. The molecular formula is C14H20BrNO4S. The second kappa shape index (κ2) is 7.91. The van der Waals surface area contributed by atoms with E-state index in [1.807, 2.05) is 13.8 Å². The van der Waals surface area contributed by atoms with E-state index >= 15 is 0 Å². The zero-order valence-corrected chi connectivity index (χ0v) is 14.8. The van der Waals surface area contributed by atoms with Crippen LogP contribution >= 0.6 is 15.9 Å². The predicted molar refractivity (Wildman–Crippen MR) is 84.9 cm³/mol. The number of sulfone groups is 1. The summed E-state index contributed by atoms with van der Waals surface area (Å²) in [6.07, 6.45) is 0. The summed E-state index contributed by atoms with van der Waals surface area (Å²) in [5.74, 6) is -0.409. The number of hydrogen-bond donors (Lipinski definition) is 0. The van der Waals surface area contributed by atoms with Gasteiger partial charge in [-0.15, -0.1) is 0 Å². The Morgan fingerprint density at radius 3 is 2.33 bits per heavy atom. The van der Waals surface area contributed by atoms with Crippen molar-refractivity contribution < 1.29 is 17.9 Å². The van der Waals surface area contributed by atoms with Gasteiger partial charge in [-0.05, 0) is 38.1 Å². The number of nitrogens with zero attached hydrogens (tertiary/aromatic N) is 1. The molecule has 1 rings (SSSR count). The molecule has 0 fully saturated rings. The largest absolute Gasteiger partial charge is 0.468 e. The van der Waals surface area contributed by atoms with Crippen molar-refractivity contribution in [3.63, 3.8) is 0 Å². The Morgan fingerprint density at radius 2 is 1.86 bits per heavy atom. The standard InChI is InChI=1S/C14H20BrNO4S/c1-11(2)16(10-14(17)20-3)8-9-21(18,19)13-6-4-12(15)5-7-13/h4-7,11H,8-10H2,1-3H3. The van der Waals surface area contributed by atoms with Gasteiger partial charge in [-0.25, -0.2) is 8.42 Å². The molecule has 5 nitrogen and oxygen atoms in total. The summed E-state index contributed by atoms with van der Waals surface area (Å²) in [7, 11) is -2.04. The first-order chi connectivity index (χ1) is 9.76. The highest BCUT2D eigenvalue weighted by Gasteiger charge is 2.20. The summed E-state index contributed by atoms with van der Waals surface area (Å²) in [6.45, 7) is 4.19. The van der Waals surface area contributed by atoms with Crippen molar-refractivity contribution in [2.45, 2.75) is 24.8 Å². The smallest absolute Gasteiger partial charge is 0.319 e. The highest BCUT2D eigenvalue weighted by molar-refractivity contribution is 9.10. The average molecular weight is 378 g/mol. The van der Waals surface area contributed by atoms with E-state index in [1.54, 1.807) is 29.2 Å². The molecule has 0 atom stereocenters. The average Bonchev–Trinajstić information content (AvgIpc) is 2.43. The predicted octanol–water partition coefficient (Wildman–Crippen LogP) is 2.11. The molecule has 0 aliphatic heterocycles. The van der Waals surface area contributed by atoms with Crippen molar-refractivity contribution in [3.05, 3.63) is 28.7 Å². The van der Waals surface area contributed by atoms with Crippen molar-refractivity contribution in [2.75, 3.05) is 26.0 Å². The van der Waals surface area contributed by atoms with Crippen LogP contribution in [-0.4, -0.2) is 51.3 Å². The van der Waals surface area contributed by atoms with Crippen LogP contribution in [-0.2, 0) is 19.4 Å². The number of ether oxygens (including phenoxy) is 1. The first kappa shape index (κ1) is 18.1. The van der Waals surface area contributed by atoms with Crippen molar-refractivity contribution in [2.24, 2.45) is 0 Å². The fraction of sp³-hybridized carbons (Fsp3) is 0.500. The maximum atomic E-state index is 12.3. The molecule has 118 valence electrons. The fourth-order valence-corrected chi connectivity index (χ4v) is 3.27. The maximum absolute atomic E-state index is 12.3. The molecule has 0 radical (unpaired) electrons. The number of esters is 1. The molecule has 0 saturated heterocycles. The van der Waals surface area contributed by atoms with Gasteiger partial charge in [0.2, 0.25) is 0 Å². The third kappa shape index (κ3) is 5.76. The minimum atomic E-state index is -3.36. The van der Waals surface area contributed by atoms with Crippen molar-refractivity contribution >= 4 is 31.7 Å². The molecule has 0 saturated carbocycles. The van der Waals surface area contributed by atoms with Gasteiger partial charge in [0.05, 0.1) is 24.3 Å². The second-order valence-corrected chi connectivity index (χ2v) is 7.94. The van der Waals surface area contributed by atoms with E-state index in [0.29, 0.717) is 0 Å². The van der Waals surface area contributed by atoms with E-state index in [1.165, 1.54) is 7.11 Å². The minimum Gasteiger partial charge on any atom is -0.468 e. The monoisotopic (exact) mass is 377 g/mol. The van der Waals surface area contributed by atoms with Gasteiger partial charge in [0.15, 0.2) is 9.84 Å². The molecule has 0 amide bonds. The van der Waals surface area contributed by atoms with E-state index in [4.69, 9.17) is 0 Å². The zero-order valence-electron chi connectivity index (χ0n) is 12.4. The van der Waals surface area contributed by atoms with E-state index in [9.17, 15) is 13.2 Å². The number of carbonyl (C=O) groups excluding carboxylic acids is 1. The molecule has 0 bridgehead atoms. The third-order valence-corrected chi connectivity index (χ3v) is 5.35. The Morgan fingerprint density at radius 1 is 1.29 bits per heavy atom.